The molecule has 0 aliphatic rings. The molecule has 0 aromatic rings. The maximum Gasteiger partial charge on any atom is -0.0327 e. The van der Waals surface area contributed by atoms with Crippen LogP contribution < -0.4 is 0 Å². The van der Waals surface area contributed by atoms with Gasteiger partial charge in [-0.05, 0) is 24.7 Å². The molecule has 2 atom stereocenters. The minimum atomic E-state index is 0.827. The van der Waals surface area contributed by atoms with E-state index in [0.717, 1.165) is 11.8 Å². The second-order valence-electron chi connectivity index (χ2n) is 4.82. The summed E-state index contributed by atoms with van der Waals surface area (Å²) in [6.45, 7) is 10.8. The fourth-order valence-electron chi connectivity index (χ4n) is 2.11. The van der Waals surface area contributed by atoms with Gasteiger partial charge in [-0.1, -0.05) is 59.0 Å². The van der Waals surface area contributed by atoms with Crippen LogP contribution in [0, 0.1) is 11.8 Å². The zero-order valence-electron chi connectivity index (χ0n) is 10.4. The van der Waals surface area contributed by atoms with Gasteiger partial charge in [-0.25, -0.2) is 0 Å². The van der Waals surface area contributed by atoms with Gasteiger partial charge in [0.15, 0.2) is 0 Å². The lowest BCUT2D eigenvalue weighted by atomic mass is 9.91. The first-order valence-electron chi connectivity index (χ1n) is 6.31. The normalized spacial score (nSPS) is 15.1. The largest absolute Gasteiger partial charge is 0.103 e. The molecule has 0 fully saturated rings. The summed E-state index contributed by atoms with van der Waals surface area (Å²) in [6.07, 6.45) is 11.6. The maximum absolute atomic E-state index is 3.79. The fraction of sp³-hybridized carbons (Fsp3) is 0.857. The zero-order valence-corrected chi connectivity index (χ0v) is 10.4. The van der Waals surface area contributed by atoms with Crippen molar-refractivity contribution in [2.45, 2.75) is 65.7 Å². The van der Waals surface area contributed by atoms with E-state index in [1.807, 2.05) is 0 Å². The Hall–Kier alpha value is -0.260. The van der Waals surface area contributed by atoms with Crippen LogP contribution in [0.4, 0.5) is 0 Å². The van der Waals surface area contributed by atoms with E-state index in [1.54, 1.807) is 0 Å². The summed E-state index contributed by atoms with van der Waals surface area (Å²) in [5, 5.41) is 0. The monoisotopic (exact) mass is 196 g/mol. The van der Waals surface area contributed by atoms with E-state index in [4.69, 9.17) is 0 Å². The van der Waals surface area contributed by atoms with Gasteiger partial charge in [0.1, 0.15) is 0 Å². The van der Waals surface area contributed by atoms with Crippen LogP contribution >= 0.6 is 0 Å². The van der Waals surface area contributed by atoms with Gasteiger partial charge in [0.05, 0.1) is 0 Å². The third-order valence-electron chi connectivity index (χ3n) is 2.92. The molecule has 14 heavy (non-hydrogen) atoms. The van der Waals surface area contributed by atoms with Crippen LogP contribution in [-0.4, -0.2) is 0 Å². The minimum absolute atomic E-state index is 0.827. The Kier molecular flexibility index (Phi) is 9.13. The fourth-order valence-corrected chi connectivity index (χ4v) is 2.11. The molecular formula is C14H28. The molecule has 0 aromatic carbocycles. The van der Waals surface area contributed by atoms with E-state index in [-0.39, 0.29) is 0 Å². The SMILES string of the molecule is C=CCC(C)CC(C)CCCCCC. The molecule has 0 heterocycles. The molecule has 0 rings (SSSR count). The Morgan fingerprint density at radius 2 is 1.79 bits per heavy atom. The van der Waals surface area contributed by atoms with Gasteiger partial charge in [0.25, 0.3) is 0 Å². The van der Waals surface area contributed by atoms with Crippen molar-refractivity contribution in [1.82, 2.24) is 0 Å². The van der Waals surface area contributed by atoms with E-state index < -0.39 is 0 Å². The highest BCUT2D eigenvalue weighted by Crippen LogP contribution is 2.20. The average molecular weight is 196 g/mol. The summed E-state index contributed by atoms with van der Waals surface area (Å²) in [5.41, 5.74) is 0. The molecule has 0 saturated heterocycles. The molecule has 0 bridgehead atoms. The lowest BCUT2D eigenvalue weighted by molar-refractivity contribution is 0.383. The zero-order chi connectivity index (χ0) is 10.8. The Labute approximate surface area is 90.8 Å². The number of rotatable bonds is 9. The van der Waals surface area contributed by atoms with Crippen molar-refractivity contribution < 1.29 is 0 Å². The van der Waals surface area contributed by atoms with E-state index >= 15 is 0 Å². The standard InChI is InChI=1S/C14H28/c1-5-7-8-9-11-14(4)12-13(3)10-6-2/h6,13-14H,2,5,7-12H2,1,3-4H3. The van der Waals surface area contributed by atoms with Crippen molar-refractivity contribution in [3.8, 4) is 0 Å². The van der Waals surface area contributed by atoms with Crippen molar-refractivity contribution in [3.05, 3.63) is 12.7 Å². The third kappa shape index (κ3) is 8.34. The van der Waals surface area contributed by atoms with Crippen molar-refractivity contribution in [3.63, 3.8) is 0 Å². The number of unbranched alkanes of at least 4 members (excludes halogenated alkanes) is 3. The topological polar surface area (TPSA) is 0 Å². The number of allylic oxidation sites excluding steroid dienone is 1. The Balaban J connectivity index is 3.34. The van der Waals surface area contributed by atoms with Crippen molar-refractivity contribution in [1.29, 1.82) is 0 Å². The Bertz CT molecular complexity index is 126. The molecule has 0 aliphatic carbocycles. The van der Waals surface area contributed by atoms with Crippen molar-refractivity contribution in [2.24, 2.45) is 11.8 Å². The van der Waals surface area contributed by atoms with Crippen LogP contribution in [0.1, 0.15) is 65.7 Å². The smallest absolute Gasteiger partial charge is 0.0327 e. The minimum Gasteiger partial charge on any atom is -0.103 e. The second-order valence-corrected chi connectivity index (χ2v) is 4.82. The summed E-state index contributed by atoms with van der Waals surface area (Å²) in [4.78, 5) is 0. The predicted molar refractivity (Wildman–Crippen MR) is 66.5 cm³/mol. The van der Waals surface area contributed by atoms with Crippen LogP contribution in [0.5, 0.6) is 0 Å². The molecule has 0 heteroatoms. The summed E-state index contributed by atoms with van der Waals surface area (Å²) in [6, 6.07) is 0. The van der Waals surface area contributed by atoms with E-state index in [1.165, 1.54) is 44.9 Å². The third-order valence-corrected chi connectivity index (χ3v) is 2.92. The molecule has 0 saturated carbocycles. The highest BCUT2D eigenvalue weighted by Gasteiger charge is 2.06. The van der Waals surface area contributed by atoms with Gasteiger partial charge in [0, 0.05) is 0 Å². The molecule has 0 radical (unpaired) electrons. The predicted octanol–water partition coefficient (Wildman–Crippen LogP) is 5.20. The molecular weight excluding hydrogens is 168 g/mol. The van der Waals surface area contributed by atoms with Gasteiger partial charge in [-0.2, -0.15) is 0 Å². The Morgan fingerprint density at radius 3 is 2.36 bits per heavy atom. The summed E-state index contributed by atoms with van der Waals surface area (Å²) >= 11 is 0. The molecule has 84 valence electrons. The van der Waals surface area contributed by atoms with E-state index in [2.05, 4.69) is 33.4 Å². The van der Waals surface area contributed by atoms with Crippen molar-refractivity contribution in [2.75, 3.05) is 0 Å². The first-order valence-corrected chi connectivity index (χ1v) is 6.31. The van der Waals surface area contributed by atoms with Gasteiger partial charge < -0.3 is 0 Å². The van der Waals surface area contributed by atoms with Gasteiger partial charge >= 0.3 is 0 Å². The van der Waals surface area contributed by atoms with Gasteiger partial charge in [-0.3, -0.25) is 0 Å². The highest BCUT2D eigenvalue weighted by atomic mass is 14.1. The summed E-state index contributed by atoms with van der Waals surface area (Å²) in [5.74, 6) is 1.73. The number of hydrogen-bond acceptors (Lipinski definition) is 0. The quantitative estimate of drug-likeness (QED) is 0.351. The molecule has 0 amide bonds. The van der Waals surface area contributed by atoms with Crippen molar-refractivity contribution >= 4 is 0 Å². The van der Waals surface area contributed by atoms with E-state index in [0.29, 0.717) is 0 Å². The lowest BCUT2D eigenvalue weighted by Crippen LogP contribution is -2.02. The van der Waals surface area contributed by atoms with Gasteiger partial charge in [-0.15, -0.1) is 6.58 Å². The summed E-state index contributed by atoms with van der Waals surface area (Å²) in [7, 11) is 0. The molecule has 0 aliphatic heterocycles. The first kappa shape index (κ1) is 13.7. The van der Waals surface area contributed by atoms with Gasteiger partial charge in [0.2, 0.25) is 0 Å². The molecule has 0 N–H and O–H groups in total. The number of hydrogen-bond donors (Lipinski definition) is 0. The molecule has 0 aromatic heterocycles. The van der Waals surface area contributed by atoms with Crippen LogP contribution in [0.2, 0.25) is 0 Å². The molecule has 2 unspecified atom stereocenters. The molecule has 0 nitrogen and oxygen atoms in total. The Morgan fingerprint density at radius 1 is 1.07 bits per heavy atom. The van der Waals surface area contributed by atoms with Crippen LogP contribution in [0.3, 0.4) is 0 Å². The van der Waals surface area contributed by atoms with Crippen LogP contribution in [0.15, 0.2) is 12.7 Å². The first-order chi connectivity index (χ1) is 6.70. The second kappa shape index (κ2) is 9.30. The van der Waals surface area contributed by atoms with E-state index in [9.17, 15) is 0 Å². The average Bonchev–Trinajstić information content (AvgIpc) is 2.13. The highest BCUT2D eigenvalue weighted by molar-refractivity contribution is 4.71. The summed E-state index contributed by atoms with van der Waals surface area (Å²) < 4.78 is 0. The lowest BCUT2D eigenvalue weighted by Gasteiger charge is -2.15. The maximum atomic E-state index is 3.79. The van der Waals surface area contributed by atoms with Crippen LogP contribution in [0.25, 0.3) is 0 Å². The van der Waals surface area contributed by atoms with Crippen LogP contribution in [-0.2, 0) is 0 Å². The molecule has 0 spiro atoms.